The van der Waals surface area contributed by atoms with Crippen LogP contribution in [0.3, 0.4) is 0 Å². The van der Waals surface area contributed by atoms with Gasteiger partial charge in [0.15, 0.2) is 11.5 Å². The van der Waals surface area contributed by atoms with Gasteiger partial charge >= 0.3 is 6.01 Å². The number of methoxy groups -OCH3 is 2. The molecular formula is C29H29BrN4O4. The summed E-state index contributed by atoms with van der Waals surface area (Å²) in [5.74, 6) is 2.09. The van der Waals surface area contributed by atoms with Crippen molar-refractivity contribution in [3.05, 3.63) is 70.0 Å². The molecule has 4 bridgehead atoms. The molecule has 1 N–H and O–H groups in total. The maximum Gasteiger partial charge on any atom is 0.320 e. The molecule has 0 radical (unpaired) electrons. The number of aromatic nitrogens is 2. The van der Waals surface area contributed by atoms with Crippen molar-refractivity contribution in [2.75, 3.05) is 33.1 Å². The highest BCUT2D eigenvalue weighted by Crippen LogP contribution is 2.75. The Kier molecular flexibility index (Phi) is 4.62. The number of nitrogens with zero attached hydrogens (tertiary/aromatic N) is 3. The molecule has 0 unspecified atom stereocenters. The molecule has 6 atom stereocenters. The molecule has 1 saturated heterocycles. The average molecular weight is 577 g/mol. The molecule has 1 aromatic heterocycles. The molecule has 2 fully saturated rings. The van der Waals surface area contributed by atoms with Crippen molar-refractivity contribution >= 4 is 27.6 Å². The third-order valence-corrected chi connectivity index (χ3v) is 10.6. The van der Waals surface area contributed by atoms with Crippen molar-refractivity contribution in [1.82, 2.24) is 15.1 Å². The molecule has 3 aromatic rings. The smallest absolute Gasteiger partial charge is 0.320 e. The van der Waals surface area contributed by atoms with Gasteiger partial charge < -0.3 is 28.8 Å². The van der Waals surface area contributed by atoms with Gasteiger partial charge in [-0.3, -0.25) is 0 Å². The highest BCUT2D eigenvalue weighted by molar-refractivity contribution is 9.10. The lowest BCUT2D eigenvalue weighted by molar-refractivity contribution is -0.200. The number of benzene rings is 2. The Balaban J connectivity index is 1.28. The number of anilines is 2. The molecule has 196 valence electrons. The fourth-order valence-electron chi connectivity index (χ4n) is 8.60. The monoisotopic (exact) mass is 576 g/mol. The molecule has 9 rings (SSSR count). The van der Waals surface area contributed by atoms with Crippen LogP contribution in [-0.2, 0) is 16.6 Å². The number of ether oxygens (including phenoxy) is 3. The number of likely N-dealkylation sites (N-methyl/N-ethyl adjacent to an activating group) is 1. The SMILES string of the molecule is COc1ccc2c3c1O[C@H]1[C@@]4(OC)C=C[C@@]5(C[C@@H]4c4nnc(Nc6cccc(Br)c6)o4)[C@@H](C2)N(C)CC[C@]315. The lowest BCUT2D eigenvalue weighted by Crippen LogP contribution is -2.78. The number of nitrogens with one attached hydrogen (secondary N) is 1. The van der Waals surface area contributed by atoms with Gasteiger partial charge in [0.05, 0.1) is 18.4 Å². The summed E-state index contributed by atoms with van der Waals surface area (Å²) in [6, 6.07) is 12.9. The van der Waals surface area contributed by atoms with Gasteiger partial charge in [-0.05, 0) is 62.7 Å². The molecule has 2 aliphatic heterocycles. The van der Waals surface area contributed by atoms with Crippen LogP contribution in [0.5, 0.6) is 11.5 Å². The Morgan fingerprint density at radius 3 is 2.87 bits per heavy atom. The summed E-state index contributed by atoms with van der Waals surface area (Å²) < 4.78 is 26.6. The minimum absolute atomic E-state index is 0.146. The van der Waals surface area contributed by atoms with Crippen LogP contribution in [0.15, 0.2) is 57.4 Å². The second-order valence-corrected chi connectivity index (χ2v) is 12.2. The lowest BCUT2D eigenvalue weighted by Gasteiger charge is -2.70. The molecule has 9 heteroatoms. The summed E-state index contributed by atoms with van der Waals surface area (Å²) in [4.78, 5) is 2.54. The zero-order chi connectivity index (χ0) is 25.9. The van der Waals surface area contributed by atoms with Crippen molar-refractivity contribution in [1.29, 1.82) is 0 Å². The van der Waals surface area contributed by atoms with E-state index in [2.05, 4.69) is 67.7 Å². The molecule has 0 amide bonds. The maximum absolute atomic E-state index is 7.00. The van der Waals surface area contributed by atoms with Crippen molar-refractivity contribution < 1.29 is 18.6 Å². The van der Waals surface area contributed by atoms with Crippen LogP contribution in [0.1, 0.15) is 35.8 Å². The van der Waals surface area contributed by atoms with E-state index in [1.807, 2.05) is 24.3 Å². The average Bonchev–Trinajstić information content (AvgIpc) is 3.54. The van der Waals surface area contributed by atoms with Gasteiger partial charge in [-0.15, -0.1) is 5.10 Å². The number of hydrogen-bond donors (Lipinski definition) is 1. The highest BCUT2D eigenvalue weighted by Gasteiger charge is 2.79. The van der Waals surface area contributed by atoms with Gasteiger partial charge in [0.1, 0.15) is 11.7 Å². The van der Waals surface area contributed by atoms with E-state index in [1.54, 1.807) is 14.2 Å². The minimum Gasteiger partial charge on any atom is -0.493 e. The van der Waals surface area contributed by atoms with Gasteiger partial charge in [-0.1, -0.05) is 45.3 Å². The number of piperidine rings is 1. The predicted octanol–water partition coefficient (Wildman–Crippen LogP) is 4.97. The molecule has 2 spiro atoms. The van der Waals surface area contributed by atoms with E-state index < -0.39 is 5.60 Å². The Labute approximate surface area is 229 Å². The summed E-state index contributed by atoms with van der Waals surface area (Å²) >= 11 is 3.52. The largest absolute Gasteiger partial charge is 0.493 e. The normalized spacial score (nSPS) is 35.6. The Morgan fingerprint density at radius 1 is 1.16 bits per heavy atom. The Bertz CT molecular complexity index is 1510. The quantitative estimate of drug-likeness (QED) is 0.426. The van der Waals surface area contributed by atoms with Crippen LogP contribution in [0.25, 0.3) is 0 Å². The second kappa shape index (κ2) is 7.61. The first-order valence-electron chi connectivity index (χ1n) is 13.1. The van der Waals surface area contributed by atoms with Gasteiger partial charge in [-0.2, -0.15) is 0 Å². The summed E-state index contributed by atoms with van der Waals surface area (Å²) in [6.07, 6.45) is 7.28. The van der Waals surface area contributed by atoms with Gasteiger partial charge in [-0.25, -0.2) is 0 Å². The van der Waals surface area contributed by atoms with E-state index in [4.69, 9.17) is 18.6 Å². The maximum atomic E-state index is 7.00. The number of fused-ring (bicyclic) bond motifs is 1. The molecule has 1 saturated carbocycles. The van der Waals surface area contributed by atoms with E-state index in [0.717, 1.165) is 47.5 Å². The first-order valence-corrected chi connectivity index (χ1v) is 13.9. The van der Waals surface area contributed by atoms with Gasteiger partial charge in [0.25, 0.3) is 0 Å². The van der Waals surface area contributed by atoms with Crippen LogP contribution in [0.2, 0.25) is 0 Å². The molecular weight excluding hydrogens is 548 g/mol. The van der Waals surface area contributed by atoms with E-state index in [-0.39, 0.29) is 22.9 Å². The van der Waals surface area contributed by atoms with Gasteiger partial charge in [0, 0.05) is 34.3 Å². The fourth-order valence-corrected chi connectivity index (χ4v) is 9.00. The number of likely N-dealkylation sites (tertiary alicyclic amines) is 1. The molecule has 38 heavy (non-hydrogen) atoms. The third-order valence-electron chi connectivity index (χ3n) is 10.1. The van der Waals surface area contributed by atoms with Gasteiger partial charge in [0.2, 0.25) is 5.89 Å². The van der Waals surface area contributed by atoms with Crippen molar-refractivity contribution in [2.24, 2.45) is 5.41 Å². The van der Waals surface area contributed by atoms with Crippen molar-refractivity contribution in [3.8, 4) is 11.5 Å². The molecule has 6 aliphatic rings. The summed E-state index contributed by atoms with van der Waals surface area (Å²) in [5.41, 5.74) is 2.48. The fraction of sp³-hybridized carbons (Fsp3) is 0.448. The predicted molar refractivity (Wildman–Crippen MR) is 144 cm³/mol. The Morgan fingerprint density at radius 2 is 2.05 bits per heavy atom. The van der Waals surface area contributed by atoms with Crippen molar-refractivity contribution in [2.45, 2.75) is 48.3 Å². The summed E-state index contributed by atoms with van der Waals surface area (Å²) in [7, 11) is 5.76. The van der Waals surface area contributed by atoms with Crippen molar-refractivity contribution in [3.63, 3.8) is 0 Å². The zero-order valence-electron chi connectivity index (χ0n) is 21.5. The topological polar surface area (TPSA) is 81.9 Å². The number of hydrogen-bond acceptors (Lipinski definition) is 8. The number of halogens is 1. The molecule has 8 nitrogen and oxygen atoms in total. The van der Waals surface area contributed by atoms with E-state index >= 15 is 0 Å². The lowest BCUT2D eigenvalue weighted by atomic mass is 9.37. The number of rotatable bonds is 5. The summed E-state index contributed by atoms with van der Waals surface area (Å²) in [5, 5.41) is 12.2. The Hall–Kier alpha value is -2.88. The second-order valence-electron chi connectivity index (χ2n) is 11.3. The minimum atomic E-state index is -0.750. The molecule has 3 heterocycles. The van der Waals surface area contributed by atoms with E-state index in [9.17, 15) is 0 Å². The first-order chi connectivity index (χ1) is 18.5. The standard InChI is InChI=1S/C29H29BrN4O4/c1-34-12-11-28-22-16-7-8-20(35-2)23(22)37-25(28)29(36-3)10-9-27(28,21(34)13-16)15-19(29)24-32-33-26(38-24)31-18-6-4-5-17(30)14-18/h4-10,14,19,21,25H,11-13,15H2,1-3H3,(H,31,33)/t19-,21-,25-,27-,28+,29-/m1/s1. The first kappa shape index (κ1) is 23.0. The molecule has 2 aromatic carbocycles. The third kappa shape index (κ3) is 2.58. The van der Waals surface area contributed by atoms with Crippen LogP contribution < -0.4 is 14.8 Å². The van der Waals surface area contributed by atoms with Crippen LogP contribution in [0.4, 0.5) is 11.7 Å². The molecule has 4 aliphatic carbocycles. The van der Waals surface area contributed by atoms with Crippen LogP contribution in [0, 0.1) is 5.41 Å². The van der Waals surface area contributed by atoms with Crippen LogP contribution >= 0.6 is 15.9 Å². The highest BCUT2D eigenvalue weighted by atomic mass is 79.9. The zero-order valence-corrected chi connectivity index (χ0v) is 23.1. The van der Waals surface area contributed by atoms with E-state index in [1.165, 1.54) is 11.1 Å². The van der Waals surface area contributed by atoms with Crippen LogP contribution in [-0.4, -0.2) is 60.7 Å². The van der Waals surface area contributed by atoms with E-state index in [0.29, 0.717) is 17.9 Å². The summed E-state index contributed by atoms with van der Waals surface area (Å²) in [6.45, 7) is 1.02.